The fourth-order valence-corrected chi connectivity index (χ4v) is 5.10. The predicted molar refractivity (Wildman–Crippen MR) is 130 cm³/mol. The van der Waals surface area contributed by atoms with Crippen LogP contribution >= 0.6 is 11.6 Å². The SMILES string of the molecule is CC(c1ccc(Cl)cc1F)n1cnc2ccc(C3=CCN(C(=O)C4CCCCN4)CC3)cc21. The molecular formula is C26H28ClFN4O. The molecule has 7 heteroatoms. The highest BCUT2D eigenvalue weighted by molar-refractivity contribution is 6.30. The van der Waals surface area contributed by atoms with E-state index < -0.39 is 0 Å². The van der Waals surface area contributed by atoms with E-state index in [1.165, 1.54) is 11.6 Å². The van der Waals surface area contributed by atoms with E-state index in [2.05, 4.69) is 28.5 Å². The van der Waals surface area contributed by atoms with Crippen LogP contribution in [0.3, 0.4) is 0 Å². The fourth-order valence-electron chi connectivity index (χ4n) is 4.94. The lowest BCUT2D eigenvalue weighted by Gasteiger charge is -2.32. The first kappa shape index (κ1) is 22.1. The minimum Gasteiger partial charge on any atom is -0.337 e. The van der Waals surface area contributed by atoms with Gasteiger partial charge in [-0.1, -0.05) is 36.2 Å². The summed E-state index contributed by atoms with van der Waals surface area (Å²) < 4.78 is 16.5. The second kappa shape index (κ2) is 9.27. The van der Waals surface area contributed by atoms with E-state index in [9.17, 15) is 9.18 Å². The molecule has 1 fully saturated rings. The maximum Gasteiger partial charge on any atom is 0.239 e. The molecule has 2 aliphatic heterocycles. The Bertz CT molecular complexity index is 1210. The van der Waals surface area contributed by atoms with Crippen molar-refractivity contribution < 1.29 is 9.18 Å². The van der Waals surface area contributed by atoms with Gasteiger partial charge in [0.2, 0.25) is 5.91 Å². The number of benzene rings is 2. The number of hydrogen-bond donors (Lipinski definition) is 1. The average Bonchev–Trinajstić information content (AvgIpc) is 3.27. The highest BCUT2D eigenvalue weighted by Gasteiger charge is 2.27. The van der Waals surface area contributed by atoms with Crippen LogP contribution in [0.15, 0.2) is 48.8 Å². The molecule has 2 aromatic carbocycles. The molecule has 0 bridgehead atoms. The van der Waals surface area contributed by atoms with Gasteiger partial charge in [0, 0.05) is 23.7 Å². The molecule has 2 aliphatic rings. The minimum atomic E-state index is -0.319. The Morgan fingerprint density at radius 2 is 2.12 bits per heavy atom. The molecule has 33 heavy (non-hydrogen) atoms. The number of piperidine rings is 1. The quantitative estimate of drug-likeness (QED) is 0.575. The Morgan fingerprint density at radius 3 is 2.85 bits per heavy atom. The van der Waals surface area contributed by atoms with Crippen LogP contribution in [0.4, 0.5) is 4.39 Å². The zero-order chi connectivity index (χ0) is 22.9. The van der Waals surface area contributed by atoms with E-state index in [1.54, 1.807) is 18.5 Å². The Morgan fingerprint density at radius 1 is 1.24 bits per heavy atom. The number of amides is 1. The van der Waals surface area contributed by atoms with Crippen molar-refractivity contribution in [2.75, 3.05) is 19.6 Å². The fraction of sp³-hybridized carbons (Fsp3) is 0.385. The molecule has 2 unspecified atom stereocenters. The second-order valence-corrected chi connectivity index (χ2v) is 9.40. The van der Waals surface area contributed by atoms with E-state index in [1.807, 2.05) is 22.5 Å². The first-order valence-electron chi connectivity index (χ1n) is 11.6. The molecule has 1 aromatic heterocycles. The number of imidazole rings is 1. The zero-order valence-electron chi connectivity index (χ0n) is 18.7. The van der Waals surface area contributed by atoms with Gasteiger partial charge in [-0.05, 0) is 68.1 Å². The Hall–Kier alpha value is -2.70. The summed E-state index contributed by atoms with van der Waals surface area (Å²) in [7, 11) is 0. The third-order valence-electron chi connectivity index (χ3n) is 6.90. The molecule has 1 amide bonds. The molecule has 172 valence electrons. The Labute approximate surface area is 198 Å². The minimum absolute atomic E-state index is 0.0332. The maximum atomic E-state index is 14.5. The van der Waals surface area contributed by atoms with E-state index in [4.69, 9.17) is 11.6 Å². The topological polar surface area (TPSA) is 50.2 Å². The monoisotopic (exact) mass is 466 g/mol. The number of hydrogen-bond acceptors (Lipinski definition) is 3. The lowest BCUT2D eigenvalue weighted by molar-refractivity contribution is -0.133. The number of fused-ring (bicyclic) bond motifs is 1. The van der Waals surface area contributed by atoms with Crippen molar-refractivity contribution in [1.29, 1.82) is 0 Å². The van der Waals surface area contributed by atoms with E-state index >= 15 is 0 Å². The molecule has 2 atom stereocenters. The summed E-state index contributed by atoms with van der Waals surface area (Å²) in [5.41, 5.74) is 4.76. The summed E-state index contributed by atoms with van der Waals surface area (Å²) in [6, 6.07) is 10.8. The summed E-state index contributed by atoms with van der Waals surface area (Å²) >= 11 is 5.93. The molecule has 5 nitrogen and oxygen atoms in total. The van der Waals surface area contributed by atoms with Crippen LogP contribution in [0.2, 0.25) is 5.02 Å². The number of nitrogens with zero attached hydrogens (tertiary/aromatic N) is 3. The van der Waals surface area contributed by atoms with Crippen molar-refractivity contribution in [2.45, 2.75) is 44.7 Å². The van der Waals surface area contributed by atoms with Crippen LogP contribution in [0.5, 0.6) is 0 Å². The van der Waals surface area contributed by atoms with Crippen molar-refractivity contribution in [2.24, 2.45) is 0 Å². The van der Waals surface area contributed by atoms with Crippen LogP contribution in [0.1, 0.15) is 49.8 Å². The predicted octanol–water partition coefficient (Wildman–Crippen LogP) is 5.20. The number of carbonyl (C=O) groups is 1. The highest BCUT2D eigenvalue weighted by Crippen LogP contribution is 2.30. The van der Waals surface area contributed by atoms with Gasteiger partial charge in [0.1, 0.15) is 5.82 Å². The van der Waals surface area contributed by atoms with Crippen molar-refractivity contribution in [3.8, 4) is 0 Å². The van der Waals surface area contributed by atoms with Gasteiger partial charge in [0.25, 0.3) is 0 Å². The van der Waals surface area contributed by atoms with Gasteiger partial charge in [-0.15, -0.1) is 0 Å². The summed E-state index contributed by atoms with van der Waals surface area (Å²) in [5, 5.41) is 3.74. The highest BCUT2D eigenvalue weighted by atomic mass is 35.5. The van der Waals surface area contributed by atoms with Crippen molar-refractivity contribution in [3.05, 3.63) is 70.8 Å². The molecule has 1 saturated heterocycles. The van der Waals surface area contributed by atoms with Crippen LogP contribution in [0, 0.1) is 5.82 Å². The van der Waals surface area contributed by atoms with Gasteiger partial charge in [0.05, 0.1) is 29.4 Å². The first-order valence-corrected chi connectivity index (χ1v) is 12.0. The van der Waals surface area contributed by atoms with Crippen LogP contribution in [0.25, 0.3) is 16.6 Å². The number of carbonyl (C=O) groups excluding carboxylic acids is 1. The van der Waals surface area contributed by atoms with Crippen LogP contribution < -0.4 is 5.32 Å². The summed E-state index contributed by atoms with van der Waals surface area (Å²) in [5.74, 6) is -0.0995. The molecule has 0 radical (unpaired) electrons. The number of nitrogens with one attached hydrogen (secondary N) is 1. The molecule has 3 aromatic rings. The van der Waals surface area contributed by atoms with Gasteiger partial charge in [-0.3, -0.25) is 4.79 Å². The van der Waals surface area contributed by atoms with Crippen molar-refractivity contribution in [1.82, 2.24) is 19.8 Å². The van der Waals surface area contributed by atoms with Gasteiger partial charge < -0.3 is 14.8 Å². The van der Waals surface area contributed by atoms with Crippen molar-refractivity contribution >= 4 is 34.1 Å². The van der Waals surface area contributed by atoms with Crippen LogP contribution in [-0.2, 0) is 4.79 Å². The average molecular weight is 467 g/mol. The number of rotatable bonds is 4. The Balaban J connectivity index is 1.37. The van der Waals surface area contributed by atoms with E-state index in [0.717, 1.165) is 55.4 Å². The maximum absolute atomic E-state index is 14.5. The summed E-state index contributed by atoms with van der Waals surface area (Å²) in [4.78, 5) is 19.3. The van der Waals surface area contributed by atoms with E-state index in [-0.39, 0.29) is 23.8 Å². The zero-order valence-corrected chi connectivity index (χ0v) is 19.5. The second-order valence-electron chi connectivity index (χ2n) is 8.96. The smallest absolute Gasteiger partial charge is 0.239 e. The largest absolute Gasteiger partial charge is 0.337 e. The molecule has 1 N–H and O–H groups in total. The van der Waals surface area contributed by atoms with Crippen molar-refractivity contribution in [3.63, 3.8) is 0 Å². The molecule has 0 spiro atoms. The standard InChI is InChI=1S/C26H28ClFN4O/c1-17(21-7-6-20(27)15-22(21)28)32-16-30-23-8-5-19(14-25(23)32)18-9-12-31(13-10-18)26(33)24-4-2-3-11-29-24/h5-9,14-17,24,29H,2-4,10-13H2,1H3. The number of aromatic nitrogens is 2. The van der Waals surface area contributed by atoms with Gasteiger partial charge in [0.15, 0.2) is 0 Å². The third-order valence-corrected chi connectivity index (χ3v) is 7.14. The van der Waals surface area contributed by atoms with Gasteiger partial charge >= 0.3 is 0 Å². The summed E-state index contributed by atoms with van der Waals surface area (Å²) in [6.07, 6.45) is 7.94. The normalized spacial score (nSPS) is 20.0. The lowest BCUT2D eigenvalue weighted by Crippen LogP contribution is -2.49. The number of halogens is 2. The van der Waals surface area contributed by atoms with E-state index in [0.29, 0.717) is 17.1 Å². The molecule has 5 rings (SSSR count). The first-order chi connectivity index (χ1) is 16.0. The molecule has 0 saturated carbocycles. The lowest BCUT2D eigenvalue weighted by atomic mass is 9.97. The van der Waals surface area contributed by atoms with Gasteiger partial charge in [-0.25, -0.2) is 9.37 Å². The summed E-state index contributed by atoms with van der Waals surface area (Å²) in [6.45, 7) is 4.25. The molecular weight excluding hydrogens is 439 g/mol. The third kappa shape index (κ3) is 4.42. The molecule has 0 aliphatic carbocycles. The van der Waals surface area contributed by atoms with Crippen LogP contribution in [-0.4, -0.2) is 46.0 Å². The Kier molecular flexibility index (Phi) is 6.21. The molecule has 3 heterocycles. The van der Waals surface area contributed by atoms with Gasteiger partial charge in [-0.2, -0.15) is 0 Å².